The molecule has 2 heterocycles. The number of methoxy groups -OCH3 is 1. The number of ether oxygens (including phenoxy) is 1. The molecular formula is C19H29N3O2. The van der Waals surface area contributed by atoms with Gasteiger partial charge in [0.15, 0.2) is 0 Å². The van der Waals surface area contributed by atoms with Crippen molar-refractivity contribution < 1.29 is 9.53 Å². The van der Waals surface area contributed by atoms with E-state index in [1.165, 1.54) is 12.1 Å². The Bertz CT molecular complexity index is 538. The second-order valence-corrected chi connectivity index (χ2v) is 7.10. The second-order valence-electron chi connectivity index (χ2n) is 7.10. The Hall–Kier alpha value is -1.91. The minimum atomic E-state index is 0.129. The van der Waals surface area contributed by atoms with Crippen LogP contribution in [0.2, 0.25) is 0 Å². The third kappa shape index (κ3) is 4.13. The standard InChI is InChI=1S/C19H29N3O2/c1-15-4-3-11-22(14-15)19(23)20-16-9-12-21(13-10-16)17-5-7-18(24-2)8-6-17/h5-8,15-16H,3-4,9-14H2,1-2H3,(H,20,23). The maximum Gasteiger partial charge on any atom is 0.317 e. The number of rotatable bonds is 3. The SMILES string of the molecule is COc1ccc(N2CCC(NC(=O)N3CCCC(C)C3)CC2)cc1. The summed E-state index contributed by atoms with van der Waals surface area (Å²) in [5.41, 5.74) is 1.23. The molecule has 1 unspecified atom stereocenters. The van der Waals surface area contributed by atoms with Crippen molar-refractivity contribution in [1.29, 1.82) is 0 Å². The predicted molar refractivity (Wildman–Crippen MR) is 96.7 cm³/mol. The zero-order chi connectivity index (χ0) is 16.9. The molecule has 2 saturated heterocycles. The number of carbonyl (C=O) groups is 1. The number of anilines is 1. The van der Waals surface area contributed by atoms with Crippen LogP contribution in [0.15, 0.2) is 24.3 Å². The fourth-order valence-corrected chi connectivity index (χ4v) is 3.71. The molecule has 1 atom stereocenters. The maximum atomic E-state index is 12.4. The van der Waals surface area contributed by atoms with E-state index in [0.29, 0.717) is 12.0 Å². The van der Waals surface area contributed by atoms with Crippen molar-refractivity contribution in [3.05, 3.63) is 24.3 Å². The Balaban J connectivity index is 1.47. The summed E-state index contributed by atoms with van der Waals surface area (Å²) in [4.78, 5) is 16.8. The molecule has 0 aromatic heterocycles. The highest BCUT2D eigenvalue weighted by Gasteiger charge is 2.25. The van der Waals surface area contributed by atoms with E-state index in [1.54, 1.807) is 7.11 Å². The molecule has 0 aliphatic carbocycles. The van der Waals surface area contributed by atoms with Crippen LogP contribution in [-0.2, 0) is 0 Å². The van der Waals surface area contributed by atoms with Crippen molar-refractivity contribution in [1.82, 2.24) is 10.2 Å². The quantitative estimate of drug-likeness (QED) is 0.926. The van der Waals surface area contributed by atoms with Crippen molar-refractivity contribution in [2.45, 2.75) is 38.6 Å². The summed E-state index contributed by atoms with van der Waals surface area (Å²) >= 11 is 0. The van der Waals surface area contributed by atoms with Crippen LogP contribution in [0.1, 0.15) is 32.6 Å². The van der Waals surface area contributed by atoms with Crippen LogP contribution >= 0.6 is 0 Å². The zero-order valence-corrected chi connectivity index (χ0v) is 14.8. The van der Waals surface area contributed by atoms with Gasteiger partial charge in [-0.25, -0.2) is 4.79 Å². The first kappa shape index (κ1) is 16.9. The van der Waals surface area contributed by atoms with Crippen molar-refractivity contribution >= 4 is 11.7 Å². The number of nitrogens with zero attached hydrogens (tertiary/aromatic N) is 2. The molecule has 1 aromatic rings. The average Bonchev–Trinajstić information content (AvgIpc) is 2.62. The van der Waals surface area contributed by atoms with E-state index in [2.05, 4.69) is 29.3 Å². The number of hydrogen-bond donors (Lipinski definition) is 1. The average molecular weight is 331 g/mol. The lowest BCUT2D eigenvalue weighted by Crippen LogP contribution is -2.51. The van der Waals surface area contributed by atoms with Gasteiger partial charge in [-0.3, -0.25) is 0 Å². The molecule has 24 heavy (non-hydrogen) atoms. The van der Waals surface area contributed by atoms with E-state index >= 15 is 0 Å². The van der Waals surface area contributed by atoms with E-state index in [0.717, 1.165) is 51.2 Å². The lowest BCUT2D eigenvalue weighted by atomic mass is 10.0. The van der Waals surface area contributed by atoms with Crippen LogP contribution in [0.3, 0.4) is 0 Å². The molecule has 1 aromatic carbocycles. The Labute approximate surface area is 145 Å². The van der Waals surface area contributed by atoms with E-state index in [1.807, 2.05) is 17.0 Å². The number of carbonyl (C=O) groups excluding carboxylic acids is 1. The zero-order valence-electron chi connectivity index (χ0n) is 14.8. The van der Waals surface area contributed by atoms with Gasteiger partial charge in [0.25, 0.3) is 0 Å². The first-order valence-corrected chi connectivity index (χ1v) is 9.10. The molecular weight excluding hydrogens is 302 g/mol. The van der Waals surface area contributed by atoms with Crippen molar-refractivity contribution in [2.24, 2.45) is 5.92 Å². The summed E-state index contributed by atoms with van der Waals surface area (Å²) in [5, 5.41) is 3.24. The molecule has 5 heteroatoms. The van der Waals surface area contributed by atoms with E-state index < -0.39 is 0 Å². The van der Waals surface area contributed by atoms with Crippen molar-refractivity contribution in [2.75, 3.05) is 38.2 Å². The lowest BCUT2D eigenvalue weighted by Gasteiger charge is -2.36. The van der Waals surface area contributed by atoms with Crippen molar-refractivity contribution in [3.8, 4) is 5.75 Å². The smallest absolute Gasteiger partial charge is 0.317 e. The van der Waals surface area contributed by atoms with Gasteiger partial charge in [0.05, 0.1) is 7.11 Å². The number of amides is 2. The molecule has 2 aliphatic heterocycles. The van der Waals surface area contributed by atoms with Crippen LogP contribution in [0.5, 0.6) is 5.75 Å². The summed E-state index contributed by atoms with van der Waals surface area (Å²) < 4.78 is 5.21. The van der Waals surface area contributed by atoms with Gasteiger partial charge < -0.3 is 19.9 Å². The number of hydrogen-bond acceptors (Lipinski definition) is 3. The minimum Gasteiger partial charge on any atom is -0.497 e. The minimum absolute atomic E-state index is 0.129. The van der Waals surface area contributed by atoms with Crippen LogP contribution in [0.25, 0.3) is 0 Å². The second kappa shape index (κ2) is 7.77. The normalized spacial score (nSPS) is 22.3. The predicted octanol–water partition coefficient (Wildman–Crippen LogP) is 3.11. The molecule has 5 nitrogen and oxygen atoms in total. The first-order valence-electron chi connectivity index (χ1n) is 9.10. The summed E-state index contributed by atoms with van der Waals surface area (Å²) in [6, 6.07) is 8.63. The molecule has 2 amide bonds. The molecule has 3 rings (SSSR count). The number of benzene rings is 1. The van der Waals surface area contributed by atoms with Gasteiger partial charge in [0, 0.05) is 37.9 Å². The lowest BCUT2D eigenvalue weighted by molar-refractivity contribution is 0.164. The molecule has 0 radical (unpaired) electrons. The van der Waals surface area contributed by atoms with Crippen LogP contribution in [0, 0.1) is 5.92 Å². The first-order chi connectivity index (χ1) is 11.7. The topological polar surface area (TPSA) is 44.8 Å². The van der Waals surface area contributed by atoms with Gasteiger partial charge in [-0.1, -0.05) is 6.92 Å². The van der Waals surface area contributed by atoms with Crippen molar-refractivity contribution in [3.63, 3.8) is 0 Å². The molecule has 2 aliphatic rings. The van der Waals surface area contributed by atoms with Gasteiger partial charge in [0.2, 0.25) is 0 Å². The number of urea groups is 1. The van der Waals surface area contributed by atoms with Gasteiger partial charge in [-0.2, -0.15) is 0 Å². The molecule has 2 fully saturated rings. The third-order valence-corrected chi connectivity index (χ3v) is 5.20. The fraction of sp³-hybridized carbons (Fsp3) is 0.632. The maximum absolute atomic E-state index is 12.4. The molecule has 1 N–H and O–H groups in total. The fourth-order valence-electron chi connectivity index (χ4n) is 3.71. The molecule has 132 valence electrons. The highest BCUT2D eigenvalue weighted by molar-refractivity contribution is 5.74. The Kier molecular flexibility index (Phi) is 5.48. The number of likely N-dealkylation sites (tertiary alicyclic amines) is 1. The van der Waals surface area contributed by atoms with Crippen LogP contribution in [0.4, 0.5) is 10.5 Å². The van der Waals surface area contributed by atoms with Crippen LogP contribution in [-0.4, -0.2) is 50.3 Å². The largest absolute Gasteiger partial charge is 0.497 e. The van der Waals surface area contributed by atoms with E-state index in [9.17, 15) is 4.79 Å². The Morgan fingerprint density at radius 1 is 1.12 bits per heavy atom. The molecule has 0 bridgehead atoms. The number of nitrogens with one attached hydrogen (secondary N) is 1. The summed E-state index contributed by atoms with van der Waals surface area (Å²) in [6.45, 7) is 5.99. The van der Waals surface area contributed by atoms with Gasteiger partial charge in [-0.05, 0) is 55.9 Å². The summed E-state index contributed by atoms with van der Waals surface area (Å²) in [6.07, 6.45) is 4.37. The Morgan fingerprint density at radius 2 is 1.83 bits per heavy atom. The van der Waals surface area contributed by atoms with Crippen LogP contribution < -0.4 is 15.0 Å². The molecule has 0 saturated carbocycles. The highest BCUT2D eigenvalue weighted by atomic mass is 16.5. The van der Waals surface area contributed by atoms with Gasteiger partial charge in [-0.15, -0.1) is 0 Å². The third-order valence-electron chi connectivity index (χ3n) is 5.20. The number of piperidine rings is 2. The van der Waals surface area contributed by atoms with E-state index in [-0.39, 0.29) is 6.03 Å². The van der Waals surface area contributed by atoms with E-state index in [4.69, 9.17) is 4.74 Å². The summed E-state index contributed by atoms with van der Waals surface area (Å²) in [7, 11) is 1.69. The van der Waals surface area contributed by atoms with Gasteiger partial charge >= 0.3 is 6.03 Å². The highest BCUT2D eigenvalue weighted by Crippen LogP contribution is 2.23. The Morgan fingerprint density at radius 3 is 2.46 bits per heavy atom. The molecule has 0 spiro atoms. The summed E-state index contributed by atoms with van der Waals surface area (Å²) in [5.74, 6) is 1.51. The monoisotopic (exact) mass is 331 g/mol. The van der Waals surface area contributed by atoms with Gasteiger partial charge in [0.1, 0.15) is 5.75 Å².